The molecule has 25 heavy (non-hydrogen) atoms. The summed E-state index contributed by atoms with van der Waals surface area (Å²) in [7, 11) is 0. The molecule has 0 spiro atoms. The molecule has 4 rings (SSSR count). The van der Waals surface area contributed by atoms with Gasteiger partial charge >= 0.3 is 6.03 Å². The van der Waals surface area contributed by atoms with Crippen LogP contribution in [0.5, 0.6) is 0 Å². The zero-order valence-corrected chi connectivity index (χ0v) is 13.6. The Labute approximate surface area is 144 Å². The minimum atomic E-state index is -0.748. The lowest BCUT2D eigenvalue weighted by atomic mass is 9.73. The van der Waals surface area contributed by atoms with Crippen LogP contribution < -0.4 is 10.6 Å². The number of aromatic amines is 1. The van der Waals surface area contributed by atoms with Gasteiger partial charge in [-0.2, -0.15) is 5.10 Å². The molecule has 0 bridgehead atoms. The van der Waals surface area contributed by atoms with Crippen molar-refractivity contribution in [2.45, 2.75) is 31.4 Å². The second kappa shape index (κ2) is 6.18. The minimum Gasteiger partial charge on any atom is -0.385 e. The van der Waals surface area contributed by atoms with Gasteiger partial charge in [0.1, 0.15) is 5.82 Å². The van der Waals surface area contributed by atoms with Crippen molar-refractivity contribution in [3.63, 3.8) is 0 Å². The SMILES string of the molecule is O=C(NCc1ccccc1C1(O)CCC1)Nc1cc2[nH]ncc2cn1. The number of carbonyl (C=O) groups is 1. The molecule has 7 heteroatoms. The van der Waals surface area contributed by atoms with Crippen molar-refractivity contribution >= 4 is 22.8 Å². The molecule has 0 unspecified atom stereocenters. The van der Waals surface area contributed by atoms with Gasteiger partial charge in [-0.1, -0.05) is 24.3 Å². The van der Waals surface area contributed by atoms with Gasteiger partial charge in [0.15, 0.2) is 0 Å². The van der Waals surface area contributed by atoms with Crippen molar-refractivity contribution in [2.24, 2.45) is 0 Å². The summed E-state index contributed by atoms with van der Waals surface area (Å²) in [5.41, 5.74) is 1.89. The van der Waals surface area contributed by atoms with Gasteiger partial charge in [-0.25, -0.2) is 9.78 Å². The van der Waals surface area contributed by atoms with Crippen LogP contribution >= 0.6 is 0 Å². The fraction of sp³-hybridized carbons (Fsp3) is 0.278. The first kappa shape index (κ1) is 15.6. The van der Waals surface area contributed by atoms with Crippen LogP contribution in [0.15, 0.2) is 42.7 Å². The average molecular weight is 337 g/mol. The molecule has 1 aliphatic carbocycles. The Hall–Kier alpha value is -2.93. The number of nitrogens with one attached hydrogen (secondary N) is 3. The molecule has 2 heterocycles. The fourth-order valence-corrected chi connectivity index (χ4v) is 3.15. The Morgan fingerprint density at radius 3 is 2.92 bits per heavy atom. The van der Waals surface area contributed by atoms with Crippen LogP contribution in [-0.2, 0) is 12.1 Å². The van der Waals surface area contributed by atoms with Gasteiger partial charge in [-0.3, -0.25) is 10.4 Å². The van der Waals surface area contributed by atoms with Crippen LogP contribution in [-0.4, -0.2) is 26.3 Å². The molecule has 1 saturated carbocycles. The normalized spacial score (nSPS) is 15.6. The summed E-state index contributed by atoms with van der Waals surface area (Å²) in [5, 5.41) is 23.8. The van der Waals surface area contributed by atoms with Crippen LogP contribution in [0, 0.1) is 0 Å². The van der Waals surface area contributed by atoms with Crippen molar-refractivity contribution in [3.8, 4) is 0 Å². The predicted octanol–water partition coefficient (Wildman–Crippen LogP) is 2.65. The standard InChI is InChI=1S/C18H19N5O2/c24-17(22-16-8-15-13(10-19-16)11-21-23-15)20-9-12-4-1-2-5-14(12)18(25)6-3-7-18/h1-2,4-5,8,10-11,25H,3,6-7,9H2,(H,21,23)(H2,19,20,22,24). The molecule has 0 aliphatic heterocycles. The number of nitrogens with zero attached hydrogens (tertiary/aromatic N) is 2. The van der Waals surface area contributed by atoms with Crippen molar-refractivity contribution in [1.82, 2.24) is 20.5 Å². The molecule has 3 aromatic rings. The zero-order chi connectivity index (χ0) is 17.3. The highest BCUT2D eigenvalue weighted by atomic mass is 16.3. The predicted molar refractivity (Wildman–Crippen MR) is 93.9 cm³/mol. The number of H-pyrrole nitrogens is 1. The molecule has 1 fully saturated rings. The fourth-order valence-electron chi connectivity index (χ4n) is 3.15. The second-order valence-electron chi connectivity index (χ2n) is 6.38. The van der Waals surface area contributed by atoms with Crippen LogP contribution in [0.4, 0.5) is 10.6 Å². The van der Waals surface area contributed by atoms with Gasteiger partial charge < -0.3 is 10.4 Å². The number of hydrogen-bond donors (Lipinski definition) is 4. The molecule has 7 nitrogen and oxygen atoms in total. The highest BCUT2D eigenvalue weighted by Crippen LogP contribution is 2.42. The first-order valence-electron chi connectivity index (χ1n) is 8.29. The van der Waals surface area contributed by atoms with Crippen LogP contribution in [0.2, 0.25) is 0 Å². The number of rotatable bonds is 4. The largest absolute Gasteiger partial charge is 0.385 e. The smallest absolute Gasteiger partial charge is 0.320 e. The van der Waals surface area contributed by atoms with Gasteiger partial charge in [0.25, 0.3) is 0 Å². The first-order valence-corrected chi connectivity index (χ1v) is 8.29. The van der Waals surface area contributed by atoms with Gasteiger partial charge in [-0.15, -0.1) is 0 Å². The molecule has 1 aliphatic rings. The maximum atomic E-state index is 12.2. The average Bonchev–Trinajstić information content (AvgIpc) is 3.06. The van der Waals surface area contributed by atoms with E-state index in [0.717, 1.165) is 41.3 Å². The number of hydrogen-bond acceptors (Lipinski definition) is 4. The quantitative estimate of drug-likeness (QED) is 0.587. The number of fused-ring (bicyclic) bond motifs is 1. The molecule has 0 radical (unpaired) electrons. The second-order valence-corrected chi connectivity index (χ2v) is 6.38. The van der Waals surface area contributed by atoms with E-state index in [9.17, 15) is 9.90 Å². The van der Waals surface area contributed by atoms with Crippen molar-refractivity contribution in [2.75, 3.05) is 5.32 Å². The van der Waals surface area contributed by atoms with E-state index >= 15 is 0 Å². The molecule has 128 valence electrons. The third-order valence-electron chi connectivity index (χ3n) is 4.70. The summed E-state index contributed by atoms with van der Waals surface area (Å²) in [6.45, 7) is 0.344. The number of anilines is 1. The van der Waals surface area contributed by atoms with Crippen LogP contribution in [0.1, 0.15) is 30.4 Å². The number of aliphatic hydroxyl groups is 1. The molecule has 2 amide bonds. The van der Waals surface area contributed by atoms with Crippen LogP contribution in [0.3, 0.4) is 0 Å². The molecule has 1 aromatic carbocycles. The number of urea groups is 1. The van der Waals surface area contributed by atoms with E-state index < -0.39 is 5.60 Å². The van der Waals surface area contributed by atoms with Gasteiger partial charge in [0.05, 0.1) is 17.3 Å². The Balaban J connectivity index is 1.42. The zero-order valence-electron chi connectivity index (χ0n) is 13.6. The monoisotopic (exact) mass is 337 g/mol. The lowest BCUT2D eigenvalue weighted by molar-refractivity contribution is -0.0395. The van der Waals surface area contributed by atoms with Gasteiger partial charge in [0, 0.05) is 24.2 Å². The molecule has 0 atom stereocenters. The Morgan fingerprint density at radius 1 is 1.28 bits per heavy atom. The van der Waals surface area contributed by atoms with Gasteiger partial charge in [0.2, 0.25) is 0 Å². The number of carbonyl (C=O) groups excluding carboxylic acids is 1. The lowest BCUT2D eigenvalue weighted by Gasteiger charge is -2.38. The summed E-state index contributed by atoms with van der Waals surface area (Å²) in [5.74, 6) is 0.445. The van der Waals surface area contributed by atoms with Gasteiger partial charge in [-0.05, 0) is 30.4 Å². The molecule has 4 N–H and O–H groups in total. The lowest BCUT2D eigenvalue weighted by Crippen LogP contribution is -2.36. The van der Waals surface area contributed by atoms with E-state index in [1.807, 2.05) is 24.3 Å². The summed E-state index contributed by atoms with van der Waals surface area (Å²) < 4.78 is 0. The maximum absolute atomic E-state index is 12.2. The topological polar surface area (TPSA) is 103 Å². The van der Waals surface area contributed by atoms with E-state index in [-0.39, 0.29) is 6.03 Å². The summed E-state index contributed by atoms with van der Waals surface area (Å²) in [6.07, 6.45) is 5.89. The van der Waals surface area contributed by atoms with Crippen molar-refractivity contribution in [1.29, 1.82) is 0 Å². The van der Waals surface area contributed by atoms with E-state index in [4.69, 9.17) is 0 Å². The highest BCUT2D eigenvalue weighted by Gasteiger charge is 2.37. The molecule has 0 saturated heterocycles. The summed E-state index contributed by atoms with van der Waals surface area (Å²) >= 11 is 0. The van der Waals surface area contributed by atoms with E-state index in [1.165, 1.54) is 0 Å². The summed E-state index contributed by atoms with van der Waals surface area (Å²) in [6, 6.07) is 9.07. The third-order valence-corrected chi connectivity index (χ3v) is 4.70. The molecule has 2 aromatic heterocycles. The van der Waals surface area contributed by atoms with E-state index in [1.54, 1.807) is 18.5 Å². The third kappa shape index (κ3) is 3.06. The molecular weight excluding hydrogens is 318 g/mol. The van der Waals surface area contributed by atoms with E-state index in [0.29, 0.717) is 12.4 Å². The first-order chi connectivity index (χ1) is 12.1. The van der Waals surface area contributed by atoms with E-state index in [2.05, 4.69) is 25.8 Å². The number of benzene rings is 1. The van der Waals surface area contributed by atoms with Crippen molar-refractivity contribution < 1.29 is 9.90 Å². The Bertz CT molecular complexity index is 916. The number of amides is 2. The Kier molecular flexibility index (Phi) is 3.85. The number of aromatic nitrogens is 3. The maximum Gasteiger partial charge on any atom is 0.320 e. The highest BCUT2D eigenvalue weighted by molar-refractivity contribution is 5.90. The summed E-state index contributed by atoms with van der Waals surface area (Å²) in [4.78, 5) is 16.3. The number of pyridine rings is 1. The molecular formula is C18H19N5O2. The van der Waals surface area contributed by atoms with Crippen LogP contribution in [0.25, 0.3) is 10.9 Å². The minimum absolute atomic E-state index is 0.344. The van der Waals surface area contributed by atoms with Crippen molar-refractivity contribution in [3.05, 3.63) is 53.9 Å². The Morgan fingerprint density at radius 2 is 2.12 bits per heavy atom.